The number of imidazole rings is 1. The van der Waals surface area contributed by atoms with Crippen LogP contribution in [-0.4, -0.2) is 56.4 Å². The van der Waals surface area contributed by atoms with E-state index in [2.05, 4.69) is 10.3 Å². The Hall–Kier alpha value is -2.62. The molecule has 0 saturated heterocycles. The van der Waals surface area contributed by atoms with E-state index in [-0.39, 0.29) is 17.2 Å². The van der Waals surface area contributed by atoms with Gasteiger partial charge >= 0.3 is 0 Å². The van der Waals surface area contributed by atoms with Crippen molar-refractivity contribution in [1.29, 1.82) is 0 Å². The molecule has 0 aliphatic rings. The summed E-state index contributed by atoms with van der Waals surface area (Å²) in [5, 5.41) is 3.45. The molecule has 0 spiro atoms. The Morgan fingerprint density at radius 3 is 2.48 bits per heavy atom. The zero-order valence-corrected chi connectivity index (χ0v) is 19.8. The fraction of sp³-hybridized carbons (Fsp3) is 0.333. The van der Waals surface area contributed by atoms with Gasteiger partial charge in [-0.1, -0.05) is 11.6 Å². The van der Waals surface area contributed by atoms with Gasteiger partial charge in [0.2, 0.25) is 15.9 Å². The number of fused-ring (bicyclic) bond motifs is 1. The Labute approximate surface area is 187 Å². The molecule has 2 aromatic carbocycles. The molecule has 0 bridgehead atoms. The van der Waals surface area contributed by atoms with Crippen LogP contribution in [0.1, 0.15) is 12.2 Å². The highest BCUT2D eigenvalue weighted by molar-refractivity contribution is 7.89. The molecule has 8 nitrogen and oxygen atoms in total. The third-order valence-electron chi connectivity index (χ3n) is 5.01. The van der Waals surface area contributed by atoms with Gasteiger partial charge in [-0.15, -0.1) is 0 Å². The minimum atomic E-state index is -3.54. The smallest absolute Gasteiger partial charge is 0.242 e. The van der Waals surface area contributed by atoms with Crippen LogP contribution in [0.15, 0.2) is 41.3 Å². The lowest BCUT2D eigenvalue weighted by molar-refractivity contribution is -0.116. The number of aromatic nitrogens is 2. The molecule has 1 heterocycles. The molecule has 166 valence electrons. The van der Waals surface area contributed by atoms with Crippen molar-refractivity contribution in [3.8, 4) is 0 Å². The zero-order chi connectivity index (χ0) is 22.9. The monoisotopic (exact) mass is 463 g/mol. The lowest BCUT2D eigenvalue weighted by atomic mass is 10.2. The third-order valence-corrected chi connectivity index (χ3v) is 7.06. The Balaban J connectivity index is 1.78. The number of anilines is 2. The number of halogens is 1. The van der Waals surface area contributed by atoms with Crippen molar-refractivity contribution >= 4 is 49.9 Å². The number of hydrogen-bond donors (Lipinski definition) is 1. The molecule has 1 amide bonds. The van der Waals surface area contributed by atoms with E-state index in [4.69, 9.17) is 11.6 Å². The summed E-state index contributed by atoms with van der Waals surface area (Å²) in [7, 11) is 5.07. The molecule has 0 fully saturated rings. The number of sulfonamides is 1. The number of carbonyl (C=O) groups is 1. The van der Waals surface area contributed by atoms with Crippen molar-refractivity contribution in [3.05, 3.63) is 47.2 Å². The summed E-state index contributed by atoms with van der Waals surface area (Å²) >= 11 is 6.08. The molecule has 10 heteroatoms. The van der Waals surface area contributed by atoms with Gasteiger partial charge in [-0.25, -0.2) is 17.7 Å². The van der Waals surface area contributed by atoms with E-state index < -0.39 is 10.0 Å². The quantitative estimate of drug-likeness (QED) is 0.581. The number of rotatable bonds is 7. The average Bonchev–Trinajstić information content (AvgIpc) is 3.01. The van der Waals surface area contributed by atoms with Crippen molar-refractivity contribution in [2.75, 3.05) is 38.4 Å². The van der Waals surface area contributed by atoms with E-state index in [1.54, 1.807) is 30.3 Å². The van der Waals surface area contributed by atoms with Gasteiger partial charge in [0.05, 0.1) is 27.3 Å². The van der Waals surface area contributed by atoms with Gasteiger partial charge in [0.25, 0.3) is 0 Å². The second kappa shape index (κ2) is 8.86. The van der Waals surface area contributed by atoms with Crippen LogP contribution >= 0.6 is 11.6 Å². The topological polar surface area (TPSA) is 87.5 Å². The first-order valence-corrected chi connectivity index (χ1v) is 11.5. The highest BCUT2D eigenvalue weighted by atomic mass is 35.5. The van der Waals surface area contributed by atoms with Gasteiger partial charge in [0, 0.05) is 53.1 Å². The normalized spacial score (nSPS) is 11.8. The first-order valence-electron chi connectivity index (χ1n) is 9.65. The highest BCUT2D eigenvalue weighted by Gasteiger charge is 2.19. The van der Waals surface area contributed by atoms with Gasteiger partial charge in [0.15, 0.2) is 0 Å². The molecule has 0 unspecified atom stereocenters. The van der Waals surface area contributed by atoms with Gasteiger partial charge in [0.1, 0.15) is 5.82 Å². The summed E-state index contributed by atoms with van der Waals surface area (Å²) < 4.78 is 27.8. The van der Waals surface area contributed by atoms with Crippen LogP contribution in [-0.2, 0) is 28.3 Å². The van der Waals surface area contributed by atoms with Gasteiger partial charge in [-0.05, 0) is 36.4 Å². The number of amides is 1. The zero-order valence-electron chi connectivity index (χ0n) is 18.2. The lowest BCUT2D eigenvalue weighted by Gasteiger charge is -2.18. The van der Waals surface area contributed by atoms with Crippen LogP contribution in [0.4, 0.5) is 11.4 Å². The van der Waals surface area contributed by atoms with Crippen molar-refractivity contribution in [3.63, 3.8) is 0 Å². The van der Waals surface area contributed by atoms with Crippen molar-refractivity contribution in [1.82, 2.24) is 13.9 Å². The Kier molecular flexibility index (Phi) is 6.59. The van der Waals surface area contributed by atoms with E-state index in [0.29, 0.717) is 28.5 Å². The first kappa shape index (κ1) is 23.1. The van der Waals surface area contributed by atoms with Crippen molar-refractivity contribution in [2.45, 2.75) is 17.7 Å². The van der Waals surface area contributed by atoms with E-state index >= 15 is 0 Å². The van der Waals surface area contributed by atoms with Crippen LogP contribution in [0.25, 0.3) is 11.0 Å². The number of nitrogens with zero attached hydrogens (tertiary/aromatic N) is 4. The second-order valence-electron chi connectivity index (χ2n) is 7.63. The molecule has 1 N–H and O–H groups in total. The molecule has 3 rings (SSSR count). The van der Waals surface area contributed by atoms with Crippen LogP contribution < -0.4 is 10.2 Å². The van der Waals surface area contributed by atoms with E-state index in [0.717, 1.165) is 11.2 Å². The number of hydrogen-bond acceptors (Lipinski definition) is 5. The summed E-state index contributed by atoms with van der Waals surface area (Å²) in [5.41, 5.74) is 2.88. The largest absolute Gasteiger partial charge is 0.376 e. The van der Waals surface area contributed by atoms with Gasteiger partial charge in [-0.2, -0.15) is 0 Å². The molecular formula is C21H26ClN5O3S. The molecule has 3 aromatic rings. The van der Waals surface area contributed by atoms with Crippen LogP contribution in [0.5, 0.6) is 0 Å². The van der Waals surface area contributed by atoms with Crippen molar-refractivity contribution in [2.24, 2.45) is 7.05 Å². The number of aryl methyl sites for hydroxylation is 2. The molecular weight excluding hydrogens is 438 g/mol. The molecule has 31 heavy (non-hydrogen) atoms. The minimum absolute atomic E-state index is 0.159. The predicted octanol–water partition coefficient (Wildman–Crippen LogP) is 3.11. The van der Waals surface area contributed by atoms with E-state index in [1.165, 1.54) is 18.4 Å². The number of nitrogens with one attached hydrogen (secondary N) is 1. The van der Waals surface area contributed by atoms with E-state index in [9.17, 15) is 13.2 Å². The Bertz CT molecular complexity index is 1240. The fourth-order valence-corrected chi connectivity index (χ4v) is 4.36. The van der Waals surface area contributed by atoms with Crippen LogP contribution in [0.3, 0.4) is 0 Å². The van der Waals surface area contributed by atoms with Gasteiger partial charge in [-0.3, -0.25) is 4.79 Å². The Morgan fingerprint density at radius 2 is 1.84 bits per heavy atom. The highest BCUT2D eigenvalue weighted by Crippen LogP contribution is 2.28. The first-order chi connectivity index (χ1) is 14.5. The maximum atomic E-state index is 12.6. The third kappa shape index (κ3) is 4.84. The molecule has 0 radical (unpaired) electrons. The number of carbonyl (C=O) groups excluding carboxylic acids is 1. The number of benzene rings is 2. The predicted molar refractivity (Wildman–Crippen MR) is 124 cm³/mol. The van der Waals surface area contributed by atoms with Crippen LogP contribution in [0.2, 0.25) is 5.02 Å². The molecule has 1 aromatic heterocycles. The minimum Gasteiger partial charge on any atom is -0.376 e. The van der Waals surface area contributed by atoms with Crippen LogP contribution in [0, 0.1) is 0 Å². The summed E-state index contributed by atoms with van der Waals surface area (Å²) in [6.45, 7) is 0. The standard InChI is InChI=1S/C21H26ClN5O3S/c1-25(2)18-8-6-14(22)12-16(18)24-21(28)11-10-20-23-17-13-15(31(29,30)26(3)4)7-9-19(17)27(20)5/h6-9,12-13H,10-11H2,1-5H3,(H,24,28). The lowest BCUT2D eigenvalue weighted by Crippen LogP contribution is -2.22. The SMILES string of the molecule is CN(C)c1ccc(Cl)cc1NC(=O)CCc1nc2cc(S(=O)(=O)N(C)C)ccc2n1C. The summed E-state index contributed by atoms with van der Waals surface area (Å²) in [4.78, 5) is 19.2. The molecule has 0 aliphatic carbocycles. The van der Waals surface area contributed by atoms with Crippen molar-refractivity contribution < 1.29 is 13.2 Å². The summed E-state index contributed by atoms with van der Waals surface area (Å²) in [6, 6.07) is 10.2. The molecule has 0 saturated carbocycles. The van der Waals surface area contributed by atoms with Gasteiger partial charge < -0.3 is 14.8 Å². The average molecular weight is 464 g/mol. The fourth-order valence-electron chi connectivity index (χ4n) is 3.26. The Morgan fingerprint density at radius 1 is 1.13 bits per heavy atom. The maximum absolute atomic E-state index is 12.6. The molecule has 0 atom stereocenters. The maximum Gasteiger partial charge on any atom is 0.242 e. The second-order valence-corrected chi connectivity index (χ2v) is 10.2. The molecule has 0 aliphatic heterocycles. The summed E-state index contributed by atoms with van der Waals surface area (Å²) in [6.07, 6.45) is 0.629. The van der Waals surface area contributed by atoms with E-state index in [1.807, 2.05) is 36.7 Å². The summed E-state index contributed by atoms with van der Waals surface area (Å²) in [5.74, 6) is 0.539.